The Morgan fingerprint density at radius 3 is 1.59 bits per heavy atom. The highest BCUT2D eigenvalue weighted by Crippen LogP contribution is 2.65. The highest BCUT2D eigenvalue weighted by Gasteiger charge is 2.62. The molecule has 2 nitrogen and oxygen atoms in total. The zero-order chi connectivity index (χ0) is 41.2. The minimum Gasteiger partial charge on any atom is -0.309 e. The highest BCUT2D eigenvalue weighted by molar-refractivity contribution is 6.69. The van der Waals surface area contributed by atoms with Crippen molar-refractivity contribution in [2.24, 2.45) is 0 Å². The van der Waals surface area contributed by atoms with Crippen LogP contribution in [0.4, 0.5) is 0 Å². The van der Waals surface area contributed by atoms with E-state index in [0.717, 1.165) is 16.6 Å². The number of benzene rings is 5. The van der Waals surface area contributed by atoms with Crippen LogP contribution in [0.5, 0.6) is 0 Å². The van der Waals surface area contributed by atoms with E-state index in [-0.39, 0.29) is 71.1 Å². The first-order chi connectivity index (χ1) is 27.7. The van der Waals surface area contributed by atoms with E-state index in [1.54, 1.807) is 0 Å². The highest BCUT2D eigenvalue weighted by atomic mass is 15.2. The predicted octanol–water partition coefficient (Wildman–Crippen LogP) is -2.80. The quantitative estimate of drug-likeness (QED) is 0.178. The van der Waals surface area contributed by atoms with Crippen molar-refractivity contribution < 1.29 is 0 Å². The monoisotopic (exact) mass is 704 g/mol. The Balaban J connectivity index is 1.46. The Morgan fingerprint density at radius 2 is 0.966 bits per heavy atom. The molecule has 0 N–H and O–H groups in total. The zero-order valence-corrected chi connectivity index (χ0v) is 31.2. The normalized spacial score (nSPS) is 18.1. The first-order valence-electron chi connectivity index (χ1n) is 18.3. The number of hydrogen-bond acceptors (Lipinski definition) is 1. The summed E-state index contributed by atoms with van der Waals surface area (Å²) in [5, 5.41) is 0. The van der Waals surface area contributed by atoms with Gasteiger partial charge in [0.2, 0.25) is 0 Å². The molecule has 1 atom stereocenters. The van der Waals surface area contributed by atoms with Gasteiger partial charge in [-0.2, -0.15) is 0 Å². The van der Waals surface area contributed by atoms with Crippen molar-refractivity contribution in [1.82, 2.24) is 9.55 Å². The summed E-state index contributed by atoms with van der Waals surface area (Å²) in [6.45, 7) is 0. The molecule has 58 heavy (non-hydrogen) atoms. The van der Waals surface area contributed by atoms with Crippen LogP contribution in [0.2, 0.25) is 0 Å². The number of aromatic nitrogens is 2. The zero-order valence-electron chi connectivity index (χ0n) is 31.2. The summed E-state index contributed by atoms with van der Waals surface area (Å²) in [4.78, 5) is 5.21. The number of fused-ring (bicyclic) bond motifs is 4. The first kappa shape index (κ1) is 38.6. The van der Waals surface area contributed by atoms with Crippen molar-refractivity contribution in [2.45, 2.75) is 11.0 Å². The summed E-state index contributed by atoms with van der Waals surface area (Å²) >= 11 is 0. The maximum atomic E-state index is 7.51. The summed E-state index contributed by atoms with van der Waals surface area (Å²) in [6, 6.07) is 25.0. The SMILES string of the molecule is [B]C1=C([B])C2=C(c3ccc(-c4c([B])c([B])c([B])c([B])c4[B])cc3)c3c([B])c([B])c([B])c([B])c3C2(C2(n3c(-c4ccccc4)nc4ccccc43)C=CC=C2)C([B])=C1[B]. The molecule has 0 amide bonds. The lowest BCUT2D eigenvalue weighted by Gasteiger charge is -2.54. The minimum absolute atomic E-state index is 0.0698. The van der Waals surface area contributed by atoms with Gasteiger partial charge >= 0.3 is 0 Å². The molecule has 26 radical (unpaired) electrons. The number of rotatable bonds is 5. The van der Waals surface area contributed by atoms with Crippen LogP contribution in [0, 0.1) is 0 Å². The molecule has 1 heterocycles. The smallest absolute Gasteiger partial charge is 0.142 e. The lowest BCUT2D eigenvalue weighted by molar-refractivity contribution is 0.348. The first-order valence-corrected chi connectivity index (χ1v) is 18.3. The van der Waals surface area contributed by atoms with Gasteiger partial charge < -0.3 is 4.57 Å². The summed E-state index contributed by atoms with van der Waals surface area (Å²) in [5.74, 6) is 0.630. The Bertz CT molecular complexity index is 2930. The molecule has 1 aromatic heterocycles. The van der Waals surface area contributed by atoms with Crippen LogP contribution in [0.1, 0.15) is 16.7 Å². The molecule has 9 rings (SSSR count). The molecule has 3 aliphatic rings. The molecular formula is C43H17B13N2. The van der Waals surface area contributed by atoms with Gasteiger partial charge in [-0.1, -0.05) is 118 Å². The van der Waals surface area contributed by atoms with Crippen LogP contribution in [0.15, 0.2) is 131 Å². The third-order valence-corrected chi connectivity index (χ3v) is 12.0. The Kier molecular flexibility index (Phi) is 9.05. The molecule has 238 valence electrons. The van der Waals surface area contributed by atoms with E-state index in [1.165, 1.54) is 0 Å². The maximum Gasteiger partial charge on any atom is 0.142 e. The fraction of sp³-hybridized carbons (Fsp3) is 0.0465. The Morgan fingerprint density at radius 1 is 0.448 bits per heavy atom. The topological polar surface area (TPSA) is 17.8 Å². The third-order valence-electron chi connectivity index (χ3n) is 12.0. The second kappa shape index (κ2) is 13.6. The van der Waals surface area contributed by atoms with Crippen LogP contribution < -0.4 is 49.2 Å². The number of imidazole rings is 1. The van der Waals surface area contributed by atoms with E-state index < -0.39 is 11.0 Å². The second-order valence-electron chi connectivity index (χ2n) is 14.7. The summed E-state index contributed by atoms with van der Waals surface area (Å²) < 4.78 is 2.13. The number of hydrogen-bond donors (Lipinski definition) is 0. The molecule has 3 aliphatic carbocycles. The van der Waals surface area contributed by atoms with Crippen molar-refractivity contribution in [1.29, 1.82) is 0 Å². The second-order valence-corrected chi connectivity index (χ2v) is 14.7. The molecule has 0 spiro atoms. The molecular weight excluding hydrogens is 685 g/mol. The maximum absolute atomic E-state index is 7.51. The van der Waals surface area contributed by atoms with Gasteiger partial charge in [0, 0.05) is 5.56 Å². The van der Waals surface area contributed by atoms with Gasteiger partial charge in [-0.3, -0.25) is 0 Å². The average molecular weight is 702 g/mol. The van der Waals surface area contributed by atoms with E-state index in [1.807, 2.05) is 103 Å². The van der Waals surface area contributed by atoms with E-state index in [2.05, 4.69) is 4.57 Å². The van der Waals surface area contributed by atoms with Crippen LogP contribution in [-0.2, 0) is 11.0 Å². The lowest BCUT2D eigenvalue weighted by Crippen LogP contribution is -2.59. The van der Waals surface area contributed by atoms with Gasteiger partial charge in [0.15, 0.2) is 0 Å². The van der Waals surface area contributed by atoms with Gasteiger partial charge in [0.25, 0.3) is 0 Å². The summed E-state index contributed by atoms with van der Waals surface area (Å²) in [7, 11) is 87.8. The van der Waals surface area contributed by atoms with E-state index >= 15 is 0 Å². The number of allylic oxidation sites excluding steroid dienone is 9. The summed E-state index contributed by atoms with van der Waals surface area (Å²) in [6.07, 6.45) is 7.93. The standard InChI is InChI=1S/C43H17B13N2/c44-28-24(29(45)34(50)38(54)33(28)49)19-14-12-18(13-15-19)23-25-27(32(48)36(52)35(51)30(25)46)43(26(23)31(47)37(53)39(55)40(43)56)42(16-6-7-17-42)58-22-11-5-4-10-21(22)57-41(58)20-8-2-1-3-9-20/h1-17H. The molecule has 15 heteroatoms. The molecule has 0 fully saturated rings. The molecule has 0 bridgehead atoms. The van der Waals surface area contributed by atoms with Crippen molar-refractivity contribution in [3.63, 3.8) is 0 Å². The molecule has 0 aliphatic heterocycles. The third kappa shape index (κ3) is 4.88. The van der Waals surface area contributed by atoms with Gasteiger partial charge in [-0.15, -0.1) is 43.7 Å². The van der Waals surface area contributed by atoms with Gasteiger partial charge in [0.05, 0.1) is 16.4 Å². The Hall–Kier alpha value is -4.89. The lowest BCUT2D eigenvalue weighted by atomic mass is 9.43. The molecule has 5 aromatic carbocycles. The van der Waals surface area contributed by atoms with Crippen molar-refractivity contribution in [3.8, 4) is 22.5 Å². The predicted molar refractivity (Wildman–Crippen MR) is 253 cm³/mol. The minimum atomic E-state index is -1.57. The summed E-state index contributed by atoms with van der Waals surface area (Å²) in [5.41, 5.74) is 4.74. The van der Waals surface area contributed by atoms with Crippen LogP contribution >= 0.6 is 0 Å². The molecule has 0 saturated heterocycles. The van der Waals surface area contributed by atoms with Crippen molar-refractivity contribution >= 4 is 168 Å². The van der Waals surface area contributed by atoms with Crippen LogP contribution in [-0.4, -0.2) is 112 Å². The van der Waals surface area contributed by atoms with E-state index in [4.69, 9.17) is 107 Å². The van der Waals surface area contributed by atoms with E-state index in [9.17, 15) is 0 Å². The van der Waals surface area contributed by atoms with Gasteiger partial charge in [-0.25, -0.2) is 4.98 Å². The molecule has 1 unspecified atom stereocenters. The molecule has 6 aromatic rings. The largest absolute Gasteiger partial charge is 0.309 e. The van der Waals surface area contributed by atoms with Crippen molar-refractivity contribution in [3.05, 3.63) is 147 Å². The van der Waals surface area contributed by atoms with Crippen LogP contribution in [0.25, 0.3) is 39.1 Å². The fourth-order valence-corrected chi connectivity index (χ4v) is 9.23. The van der Waals surface area contributed by atoms with Gasteiger partial charge in [-0.05, 0) is 51.1 Å². The average Bonchev–Trinajstić information content (AvgIpc) is 3.97. The molecule has 0 saturated carbocycles. The fourth-order valence-electron chi connectivity index (χ4n) is 9.23. The van der Waals surface area contributed by atoms with E-state index in [0.29, 0.717) is 44.8 Å². The van der Waals surface area contributed by atoms with Gasteiger partial charge in [0.1, 0.15) is 113 Å². The number of para-hydroxylation sites is 2. The van der Waals surface area contributed by atoms with Crippen LogP contribution in [0.3, 0.4) is 0 Å². The Labute approximate surface area is 356 Å². The van der Waals surface area contributed by atoms with Crippen molar-refractivity contribution in [2.75, 3.05) is 0 Å². The number of nitrogens with zero attached hydrogens (tertiary/aromatic N) is 2.